The van der Waals surface area contributed by atoms with Gasteiger partial charge in [-0.05, 0) is 36.8 Å². The third kappa shape index (κ3) is 3.55. The molecule has 0 radical (unpaired) electrons. The smallest absolute Gasteiger partial charge is 0.256 e. The number of amidine groups is 1. The van der Waals surface area contributed by atoms with Crippen molar-refractivity contribution in [1.29, 1.82) is 0 Å². The molecule has 1 aliphatic heterocycles. The standard InChI is InChI=1S/C23H19N3O/c1-16-21(17-10-4-2-5-11-17)22(25-20-15-9-8-14-19(20)24-16)26-23(27)18-12-6-3-7-13-18/h2-15,21H,1H3,(H,25,26,27)/t21-/m0/s1. The fourth-order valence-electron chi connectivity index (χ4n) is 3.22. The third-order valence-electron chi connectivity index (χ3n) is 4.52. The average Bonchev–Trinajstić information content (AvgIpc) is 2.84. The summed E-state index contributed by atoms with van der Waals surface area (Å²) in [4.78, 5) is 22.4. The van der Waals surface area contributed by atoms with Gasteiger partial charge in [-0.1, -0.05) is 60.7 Å². The molecule has 0 aromatic heterocycles. The van der Waals surface area contributed by atoms with E-state index >= 15 is 0 Å². The molecule has 0 bridgehead atoms. The Kier molecular flexibility index (Phi) is 4.62. The van der Waals surface area contributed by atoms with Crippen LogP contribution in [0.4, 0.5) is 11.4 Å². The second-order valence-corrected chi connectivity index (χ2v) is 6.40. The molecule has 1 aliphatic rings. The first kappa shape index (κ1) is 16.9. The van der Waals surface area contributed by atoms with Gasteiger partial charge in [0.2, 0.25) is 0 Å². The lowest BCUT2D eigenvalue weighted by molar-refractivity contribution is 0.0976. The molecule has 1 N–H and O–H groups in total. The molecule has 0 fully saturated rings. The van der Waals surface area contributed by atoms with E-state index < -0.39 is 0 Å². The Morgan fingerprint density at radius 2 is 1.33 bits per heavy atom. The molecular formula is C23H19N3O. The molecule has 4 nitrogen and oxygen atoms in total. The number of carbonyl (C=O) groups excluding carboxylic acids is 1. The number of amides is 1. The number of hydrogen-bond acceptors (Lipinski definition) is 3. The molecule has 27 heavy (non-hydrogen) atoms. The van der Waals surface area contributed by atoms with Crippen molar-refractivity contribution in [3.05, 3.63) is 96.1 Å². The Balaban J connectivity index is 1.80. The van der Waals surface area contributed by atoms with E-state index in [9.17, 15) is 4.79 Å². The first-order valence-electron chi connectivity index (χ1n) is 8.86. The highest BCUT2D eigenvalue weighted by atomic mass is 16.1. The molecule has 3 aromatic carbocycles. The van der Waals surface area contributed by atoms with Gasteiger partial charge < -0.3 is 5.32 Å². The molecule has 1 amide bonds. The molecular weight excluding hydrogens is 334 g/mol. The normalized spacial score (nSPS) is 15.8. The van der Waals surface area contributed by atoms with Crippen LogP contribution >= 0.6 is 0 Å². The number of para-hydroxylation sites is 2. The van der Waals surface area contributed by atoms with Crippen LogP contribution in [0.3, 0.4) is 0 Å². The highest BCUT2D eigenvalue weighted by Crippen LogP contribution is 2.34. The van der Waals surface area contributed by atoms with Crippen LogP contribution in [0.15, 0.2) is 94.9 Å². The van der Waals surface area contributed by atoms with Crippen LogP contribution in [0, 0.1) is 0 Å². The molecule has 0 unspecified atom stereocenters. The van der Waals surface area contributed by atoms with E-state index in [0.29, 0.717) is 11.4 Å². The molecule has 0 saturated carbocycles. The quantitative estimate of drug-likeness (QED) is 0.690. The summed E-state index contributed by atoms with van der Waals surface area (Å²) >= 11 is 0. The van der Waals surface area contributed by atoms with Gasteiger partial charge in [0.05, 0.1) is 17.3 Å². The minimum absolute atomic E-state index is 0.178. The van der Waals surface area contributed by atoms with Gasteiger partial charge in [-0.15, -0.1) is 0 Å². The summed E-state index contributed by atoms with van der Waals surface area (Å²) < 4.78 is 0. The van der Waals surface area contributed by atoms with E-state index in [1.807, 2.05) is 79.7 Å². The number of nitrogens with zero attached hydrogens (tertiary/aromatic N) is 2. The second-order valence-electron chi connectivity index (χ2n) is 6.40. The van der Waals surface area contributed by atoms with Crippen LogP contribution in [0.2, 0.25) is 0 Å². The fraction of sp³-hybridized carbons (Fsp3) is 0.0870. The Hall–Kier alpha value is -3.53. The third-order valence-corrected chi connectivity index (χ3v) is 4.52. The summed E-state index contributed by atoms with van der Waals surface area (Å²) in [5, 5.41) is 3.03. The predicted octanol–water partition coefficient (Wildman–Crippen LogP) is 5.04. The first-order chi connectivity index (χ1) is 13.2. The van der Waals surface area contributed by atoms with Crippen LogP contribution in [0.5, 0.6) is 0 Å². The maximum atomic E-state index is 12.8. The lowest BCUT2D eigenvalue weighted by Gasteiger charge is -2.19. The van der Waals surface area contributed by atoms with Crippen LogP contribution in [-0.4, -0.2) is 17.5 Å². The van der Waals surface area contributed by atoms with Gasteiger partial charge in [-0.25, -0.2) is 4.99 Å². The van der Waals surface area contributed by atoms with E-state index in [-0.39, 0.29) is 11.8 Å². The number of carbonyl (C=O) groups is 1. The van der Waals surface area contributed by atoms with Crippen molar-refractivity contribution < 1.29 is 4.79 Å². The molecule has 0 aliphatic carbocycles. The van der Waals surface area contributed by atoms with Crippen molar-refractivity contribution in [2.24, 2.45) is 9.98 Å². The second kappa shape index (κ2) is 7.38. The van der Waals surface area contributed by atoms with E-state index in [1.54, 1.807) is 12.1 Å². The maximum Gasteiger partial charge on any atom is 0.256 e. The van der Waals surface area contributed by atoms with Crippen LogP contribution in [0.1, 0.15) is 28.8 Å². The van der Waals surface area contributed by atoms with Gasteiger partial charge in [-0.2, -0.15) is 0 Å². The number of benzene rings is 3. The summed E-state index contributed by atoms with van der Waals surface area (Å²) in [6, 6.07) is 26.9. The van der Waals surface area contributed by atoms with Gasteiger partial charge in [0.15, 0.2) is 0 Å². The van der Waals surface area contributed by atoms with E-state index in [1.165, 1.54) is 0 Å². The summed E-state index contributed by atoms with van der Waals surface area (Å²) in [7, 11) is 0. The van der Waals surface area contributed by atoms with Crippen molar-refractivity contribution in [3.8, 4) is 0 Å². The van der Waals surface area contributed by atoms with Crippen molar-refractivity contribution in [2.45, 2.75) is 12.8 Å². The Bertz CT molecular complexity index is 1020. The molecule has 0 saturated heterocycles. The Morgan fingerprint density at radius 1 is 0.778 bits per heavy atom. The van der Waals surface area contributed by atoms with Gasteiger partial charge in [0, 0.05) is 11.3 Å². The summed E-state index contributed by atoms with van der Waals surface area (Å²) in [5.74, 6) is 0.190. The molecule has 1 atom stereocenters. The van der Waals surface area contributed by atoms with Gasteiger partial charge in [0.25, 0.3) is 5.91 Å². The maximum absolute atomic E-state index is 12.8. The van der Waals surface area contributed by atoms with Crippen molar-refractivity contribution >= 4 is 28.8 Å². The van der Waals surface area contributed by atoms with Crippen LogP contribution in [-0.2, 0) is 0 Å². The number of aliphatic imine (C=N–C) groups is 2. The molecule has 4 heteroatoms. The highest BCUT2D eigenvalue weighted by Gasteiger charge is 2.26. The molecule has 1 heterocycles. The van der Waals surface area contributed by atoms with E-state index in [0.717, 1.165) is 22.6 Å². The summed E-state index contributed by atoms with van der Waals surface area (Å²) in [6.45, 7) is 1.98. The zero-order chi connectivity index (χ0) is 18.6. The van der Waals surface area contributed by atoms with Crippen molar-refractivity contribution in [2.75, 3.05) is 0 Å². The van der Waals surface area contributed by atoms with Gasteiger partial charge >= 0.3 is 0 Å². The zero-order valence-corrected chi connectivity index (χ0v) is 15.0. The number of nitrogens with one attached hydrogen (secondary N) is 1. The SMILES string of the molecule is CC1=Nc2ccccc2N=C(NC(=O)c2ccccc2)[C@@H]1c1ccccc1. The lowest BCUT2D eigenvalue weighted by Crippen LogP contribution is -2.37. The fourth-order valence-corrected chi connectivity index (χ4v) is 3.22. The van der Waals surface area contributed by atoms with E-state index in [2.05, 4.69) is 5.32 Å². The van der Waals surface area contributed by atoms with Gasteiger partial charge in [-0.3, -0.25) is 9.79 Å². The van der Waals surface area contributed by atoms with Crippen LogP contribution < -0.4 is 5.32 Å². The Morgan fingerprint density at radius 3 is 2.00 bits per heavy atom. The minimum atomic E-state index is -0.216. The number of hydrogen-bond donors (Lipinski definition) is 1. The minimum Gasteiger partial charge on any atom is -0.309 e. The number of rotatable bonds is 2. The molecule has 4 rings (SSSR count). The van der Waals surface area contributed by atoms with Crippen molar-refractivity contribution in [3.63, 3.8) is 0 Å². The topological polar surface area (TPSA) is 53.8 Å². The monoisotopic (exact) mass is 353 g/mol. The largest absolute Gasteiger partial charge is 0.309 e. The number of fused-ring (bicyclic) bond motifs is 1. The first-order valence-corrected chi connectivity index (χ1v) is 8.86. The highest BCUT2D eigenvalue weighted by molar-refractivity contribution is 6.19. The van der Waals surface area contributed by atoms with E-state index in [4.69, 9.17) is 9.98 Å². The molecule has 0 spiro atoms. The van der Waals surface area contributed by atoms with Crippen LogP contribution in [0.25, 0.3) is 0 Å². The lowest BCUT2D eigenvalue weighted by atomic mass is 9.93. The predicted molar refractivity (Wildman–Crippen MR) is 109 cm³/mol. The average molecular weight is 353 g/mol. The van der Waals surface area contributed by atoms with Gasteiger partial charge in [0.1, 0.15) is 5.84 Å². The summed E-state index contributed by atoms with van der Waals surface area (Å²) in [5.41, 5.74) is 4.08. The summed E-state index contributed by atoms with van der Waals surface area (Å²) in [6.07, 6.45) is 0. The van der Waals surface area contributed by atoms with Crippen molar-refractivity contribution in [1.82, 2.24) is 5.32 Å². The zero-order valence-electron chi connectivity index (χ0n) is 15.0. The Labute approximate surface area is 158 Å². The molecule has 3 aromatic rings. The molecule has 132 valence electrons.